The van der Waals surface area contributed by atoms with Gasteiger partial charge in [0.1, 0.15) is 0 Å². The number of halogens is 2. The molecule has 2 unspecified atom stereocenters. The van der Waals surface area contributed by atoms with E-state index < -0.39 is 5.41 Å². The first kappa shape index (κ1) is 14.0. The summed E-state index contributed by atoms with van der Waals surface area (Å²) in [5.41, 5.74) is 5.98. The predicted molar refractivity (Wildman–Crippen MR) is 77.4 cm³/mol. The van der Waals surface area contributed by atoms with Gasteiger partial charge in [-0.25, -0.2) is 0 Å². The monoisotopic (exact) mass is 376 g/mol. The molecule has 98 valence electrons. The van der Waals surface area contributed by atoms with Crippen molar-refractivity contribution in [2.24, 2.45) is 11.1 Å². The van der Waals surface area contributed by atoms with E-state index in [1.165, 1.54) is 0 Å². The molecule has 1 fully saturated rings. The molecule has 1 aromatic carbocycles. The van der Waals surface area contributed by atoms with Gasteiger partial charge in [0.05, 0.1) is 24.3 Å². The summed E-state index contributed by atoms with van der Waals surface area (Å²) in [7, 11) is 0. The Hall–Kier alpha value is -0.430. The molecular formula is C12H14Br2N2O2. The lowest BCUT2D eigenvalue weighted by Gasteiger charge is -2.25. The molecular weight excluding hydrogens is 364 g/mol. The van der Waals surface area contributed by atoms with Crippen LogP contribution in [0.15, 0.2) is 27.1 Å². The fourth-order valence-electron chi connectivity index (χ4n) is 1.78. The molecule has 1 saturated heterocycles. The molecule has 1 aliphatic heterocycles. The van der Waals surface area contributed by atoms with Crippen molar-refractivity contribution in [1.29, 1.82) is 0 Å². The van der Waals surface area contributed by atoms with Gasteiger partial charge in [-0.2, -0.15) is 0 Å². The van der Waals surface area contributed by atoms with Crippen LogP contribution in [0.3, 0.4) is 0 Å². The smallest absolute Gasteiger partial charge is 0.234 e. The van der Waals surface area contributed by atoms with Crippen LogP contribution in [-0.2, 0) is 9.53 Å². The first-order valence-corrected chi connectivity index (χ1v) is 7.12. The molecule has 0 aliphatic carbocycles. The lowest BCUT2D eigenvalue weighted by molar-refractivity contribution is -0.125. The molecule has 0 saturated carbocycles. The van der Waals surface area contributed by atoms with Gasteiger partial charge in [-0.1, -0.05) is 15.9 Å². The third-order valence-corrected chi connectivity index (χ3v) is 4.37. The van der Waals surface area contributed by atoms with Crippen molar-refractivity contribution in [3.05, 3.63) is 27.1 Å². The SMILES string of the molecule is CC1(C(=O)Nc2ccc(Br)cc2Br)COCC1N. The van der Waals surface area contributed by atoms with E-state index in [9.17, 15) is 4.79 Å². The Bertz CT molecular complexity index is 481. The summed E-state index contributed by atoms with van der Waals surface area (Å²) in [5, 5.41) is 2.88. The van der Waals surface area contributed by atoms with Crippen LogP contribution in [0.4, 0.5) is 5.69 Å². The zero-order valence-corrected chi connectivity index (χ0v) is 13.0. The summed E-state index contributed by atoms with van der Waals surface area (Å²) in [4.78, 5) is 12.3. The van der Waals surface area contributed by atoms with Crippen molar-refractivity contribution in [3.63, 3.8) is 0 Å². The highest BCUT2D eigenvalue weighted by atomic mass is 79.9. The Morgan fingerprint density at radius 3 is 2.83 bits per heavy atom. The van der Waals surface area contributed by atoms with Crippen LogP contribution in [-0.4, -0.2) is 25.2 Å². The molecule has 1 aliphatic rings. The Kier molecular flexibility index (Phi) is 4.11. The number of benzene rings is 1. The first-order valence-electron chi connectivity index (χ1n) is 5.53. The van der Waals surface area contributed by atoms with Gasteiger partial charge in [-0.15, -0.1) is 0 Å². The second kappa shape index (κ2) is 5.28. The Labute approximate surface area is 123 Å². The number of nitrogens with two attached hydrogens (primary N) is 1. The quantitative estimate of drug-likeness (QED) is 0.832. The third-order valence-electron chi connectivity index (χ3n) is 3.22. The minimum atomic E-state index is -0.674. The summed E-state index contributed by atoms with van der Waals surface area (Å²) < 4.78 is 7.04. The summed E-state index contributed by atoms with van der Waals surface area (Å²) in [5.74, 6) is -0.115. The van der Waals surface area contributed by atoms with Gasteiger partial charge in [0, 0.05) is 15.0 Å². The zero-order chi connectivity index (χ0) is 13.3. The molecule has 0 aromatic heterocycles. The number of rotatable bonds is 2. The highest BCUT2D eigenvalue weighted by Crippen LogP contribution is 2.31. The molecule has 1 heterocycles. The molecule has 3 N–H and O–H groups in total. The number of carbonyl (C=O) groups is 1. The van der Waals surface area contributed by atoms with Crippen LogP contribution < -0.4 is 11.1 Å². The van der Waals surface area contributed by atoms with Crippen LogP contribution in [0.2, 0.25) is 0 Å². The second-order valence-electron chi connectivity index (χ2n) is 4.62. The largest absolute Gasteiger partial charge is 0.379 e. The first-order chi connectivity index (χ1) is 8.43. The average molecular weight is 378 g/mol. The molecule has 18 heavy (non-hydrogen) atoms. The molecule has 0 spiro atoms. The molecule has 2 atom stereocenters. The topological polar surface area (TPSA) is 64.3 Å². The fourth-order valence-corrected chi connectivity index (χ4v) is 2.92. The van der Waals surface area contributed by atoms with E-state index in [-0.39, 0.29) is 11.9 Å². The van der Waals surface area contributed by atoms with Crippen molar-refractivity contribution in [1.82, 2.24) is 0 Å². The van der Waals surface area contributed by atoms with Gasteiger partial charge in [0.15, 0.2) is 0 Å². The maximum atomic E-state index is 12.3. The second-order valence-corrected chi connectivity index (χ2v) is 6.39. The van der Waals surface area contributed by atoms with E-state index in [2.05, 4.69) is 37.2 Å². The van der Waals surface area contributed by atoms with Gasteiger partial charge >= 0.3 is 0 Å². The highest BCUT2D eigenvalue weighted by Gasteiger charge is 2.44. The van der Waals surface area contributed by atoms with Gasteiger partial charge in [-0.05, 0) is 41.1 Å². The van der Waals surface area contributed by atoms with E-state index in [0.717, 1.165) is 14.6 Å². The zero-order valence-electron chi connectivity index (χ0n) is 9.87. The van der Waals surface area contributed by atoms with Crippen molar-refractivity contribution in [3.8, 4) is 0 Å². The van der Waals surface area contributed by atoms with Gasteiger partial charge in [0.2, 0.25) is 5.91 Å². The fraction of sp³-hybridized carbons (Fsp3) is 0.417. The number of carbonyl (C=O) groups excluding carboxylic acids is 1. The molecule has 2 rings (SSSR count). The van der Waals surface area contributed by atoms with Gasteiger partial charge in [-0.3, -0.25) is 4.79 Å². The van der Waals surface area contributed by atoms with E-state index in [1.807, 2.05) is 25.1 Å². The lowest BCUT2D eigenvalue weighted by atomic mass is 9.85. The van der Waals surface area contributed by atoms with Crippen LogP contribution >= 0.6 is 31.9 Å². The van der Waals surface area contributed by atoms with Crippen LogP contribution in [0.5, 0.6) is 0 Å². The molecule has 1 aromatic rings. The maximum absolute atomic E-state index is 12.3. The number of nitrogens with one attached hydrogen (secondary N) is 1. The molecule has 1 amide bonds. The number of ether oxygens (including phenoxy) is 1. The lowest BCUT2D eigenvalue weighted by Crippen LogP contribution is -2.47. The number of hydrogen-bond donors (Lipinski definition) is 2. The van der Waals surface area contributed by atoms with Crippen molar-refractivity contribution in [2.45, 2.75) is 13.0 Å². The summed E-state index contributed by atoms with van der Waals surface area (Å²) in [6.45, 7) is 2.60. The standard InChI is InChI=1S/C12H14Br2N2O2/c1-12(6-18-5-10(12)15)11(17)16-9-3-2-7(13)4-8(9)14/h2-4,10H,5-6,15H2,1H3,(H,16,17). The Morgan fingerprint density at radius 1 is 1.56 bits per heavy atom. The van der Waals surface area contributed by atoms with E-state index in [4.69, 9.17) is 10.5 Å². The minimum Gasteiger partial charge on any atom is -0.379 e. The highest BCUT2D eigenvalue weighted by molar-refractivity contribution is 9.11. The summed E-state index contributed by atoms with van der Waals surface area (Å²) in [6.07, 6.45) is 0. The predicted octanol–water partition coefficient (Wildman–Crippen LogP) is 2.51. The van der Waals surface area contributed by atoms with Crippen LogP contribution in [0, 0.1) is 5.41 Å². The van der Waals surface area contributed by atoms with Gasteiger partial charge < -0.3 is 15.8 Å². The van der Waals surface area contributed by atoms with E-state index in [0.29, 0.717) is 13.2 Å². The van der Waals surface area contributed by atoms with E-state index in [1.54, 1.807) is 0 Å². The number of anilines is 1. The number of amides is 1. The summed E-state index contributed by atoms with van der Waals surface area (Å²) in [6, 6.07) is 5.31. The van der Waals surface area contributed by atoms with Crippen molar-refractivity contribution >= 4 is 43.5 Å². The molecule has 4 nitrogen and oxygen atoms in total. The normalized spacial score (nSPS) is 27.2. The van der Waals surface area contributed by atoms with Crippen LogP contribution in [0.1, 0.15) is 6.92 Å². The van der Waals surface area contributed by atoms with Crippen LogP contribution in [0.25, 0.3) is 0 Å². The summed E-state index contributed by atoms with van der Waals surface area (Å²) >= 11 is 6.78. The van der Waals surface area contributed by atoms with Crippen molar-refractivity contribution < 1.29 is 9.53 Å². The molecule has 0 bridgehead atoms. The van der Waals surface area contributed by atoms with E-state index >= 15 is 0 Å². The third kappa shape index (κ3) is 2.61. The molecule has 6 heteroatoms. The Morgan fingerprint density at radius 2 is 2.28 bits per heavy atom. The maximum Gasteiger partial charge on any atom is 0.234 e. The molecule has 0 radical (unpaired) electrons. The Balaban J connectivity index is 2.16. The van der Waals surface area contributed by atoms with Crippen molar-refractivity contribution in [2.75, 3.05) is 18.5 Å². The van der Waals surface area contributed by atoms with Gasteiger partial charge in [0.25, 0.3) is 0 Å². The minimum absolute atomic E-state index is 0.115. The number of hydrogen-bond acceptors (Lipinski definition) is 3. The average Bonchev–Trinajstić information content (AvgIpc) is 2.64.